The zero-order valence-corrected chi connectivity index (χ0v) is 25.1. The summed E-state index contributed by atoms with van der Waals surface area (Å²) in [6.07, 6.45) is -0.274. The molecule has 0 bridgehead atoms. The van der Waals surface area contributed by atoms with Crippen molar-refractivity contribution < 1.29 is 24.5 Å². The lowest BCUT2D eigenvalue weighted by atomic mass is 9.87. The van der Waals surface area contributed by atoms with Crippen molar-refractivity contribution >= 4 is 57.6 Å². The van der Waals surface area contributed by atoms with Gasteiger partial charge in [-0.1, -0.05) is 71.7 Å². The number of ether oxygens (including phenoxy) is 1. The van der Waals surface area contributed by atoms with E-state index in [1.165, 1.54) is 0 Å². The minimum Gasteiger partial charge on any atom is -0.482 e. The van der Waals surface area contributed by atoms with Gasteiger partial charge in [-0.2, -0.15) is 0 Å². The molecule has 3 aromatic rings. The zero-order valence-electron chi connectivity index (χ0n) is 21.5. The van der Waals surface area contributed by atoms with Crippen LogP contribution in [-0.2, 0) is 22.6 Å². The minimum absolute atomic E-state index is 0.0748. The zero-order chi connectivity index (χ0) is 28.6. The Morgan fingerprint density at radius 3 is 2.42 bits per heavy atom. The molecule has 7 nitrogen and oxygen atoms in total. The van der Waals surface area contributed by atoms with Gasteiger partial charge in [-0.3, -0.25) is 9.59 Å². The minimum atomic E-state index is -1.15. The van der Waals surface area contributed by atoms with E-state index >= 15 is 0 Å². The van der Waals surface area contributed by atoms with Crippen molar-refractivity contribution in [1.29, 1.82) is 0 Å². The first-order valence-electron chi connectivity index (χ1n) is 12.7. The monoisotopic (exact) mass is 694 g/mol. The molecule has 3 atom stereocenters. The third-order valence-electron chi connectivity index (χ3n) is 6.57. The molecule has 210 valence electrons. The average molecular weight is 695 g/mol. The van der Waals surface area contributed by atoms with Crippen LogP contribution in [0.25, 0.3) is 0 Å². The van der Waals surface area contributed by atoms with E-state index in [0.717, 1.165) is 14.7 Å². The lowest BCUT2D eigenvalue weighted by molar-refractivity contribution is -0.138. The number of benzene rings is 3. The number of nitrogens with zero attached hydrogens (tertiary/aromatic N) is 1. The van der Waals surface area contributed by atoms with Crippen LogP contribution < -0.4 is 10.1 Å². The highest BCUT2D eigenvalue weighted by Gasteiger charge is 2.40. The van der Waals surface area contributed by atoms with Crippen LogP contribution in [0.1, 0.15) is 17.5 Å². The number of halogens is 3. The molecule has 0 aliphatic heterocycles. The maximum Gasteiger partial charge on any atom is 0.247 e. The summed E-state index contributed by atoms with van der Waals surface area (Å²) in [7, 11) is 0. The van der Waals surface area contributed by atoms with Crippen molar-refractivity contribution in [3.63, 3.8) is 0 Å². The fourth-order valence-electron chi connectivity index (χ4n) is 4.56. The van der Waals surface area contributed by atoms with Crippen molar-refractivity contribution in [2.24, 2.45) is 0 Å². The number of rotatable bonds is 10. The standard InChI is InChI=1S/C30H29Cl2IN2O5/c31-22-11-10-20(14-23(22)32)18-35(28(37)15-19-6-2-1-3-7-19)25-16-21(30(39)34-12-13-36)17-27(29(25)38)40-26-9-5-4-8-24(26)33/h1-11,14,17,25,27,29,36,38H,12-13,15-16,18H2,(H,34,39). The average Bonchev–Trinajstić information content (AvgIpc) is 2.95. The summed E-state index contributed by atoms with van der Waals surface area (Å²) in [6.45, 7) is -0.0108. The van der Waals surface area contributed by atoms with Gasteiger partial charge in [0.1, 0.15) is 18.0 Å². The van der Waals surface area contributed by atoms with Gasteiger partial charge in [-0.15, -0.1) is 0 Å². The van der Waals surface area contributed by atoms with Gasteiger partial charge in [0, 0.05) is 25.1 Å². The summed E-state index contributed by atoms with van der Waals surface area (Å²) >= 11 is 14.5. The molecule has 0 saturated heterocycles. The molecule has 0 heterocycles. The van der Waals surface area contributed by atoms with Crippen LogP contribution in [0.3, 0.4) is 0 Å². The van der Waals surface area contributed by atoms with Gasteiger partial charge in [0.25, 0.3) is 0 Å². The number of carbonyl (C=O) groups excluding carboxylic acids is 2. The summed E-state index contributed by atoms with van der Waals surface area (Å²) in [6, 6.07) is 21.0. The molecule has 10 heteroatoms. The molecule has 0 spiro atoms. The van der Waals surface area contributed by atoms with Gasteiger partial charge in [0.2, 0.25) is 11.8 Å². The van der Waals surface area contributed by atoms with Crippen LogP contribution in [0.4, 0.5) is 0 Å². The van der Waals surface area contributed by atoms with Gasteiger partial charge in [0.05, 0.1) is 32.7 Å². The van der Waals surface area contributed by atoms with E-state index in [9.17, 15) is 19.8 Å². The van der Waals surface area contributed by atoms with E-state index in [1.54, 1.807) is 35.2 Å². The fraction of sp³-hybridized carbons (Fsp3) is 0.267. The molecule has 0 radical (unpaired) electrons. The van der Waals surface area contributed by atoms with Crippen molar-refractivity contribution in [3.05, 3.63) is 109 Å². The van der Waals surface area contributed by atoms with E-state index in [2.05, 4.69) is 27.9 Å². The number of aliphatic hydroxyl groups excluding tert-OH is 2. The lowest BCUT2D eigenvalue weighted by Gasteiger charge is -2.40. The smallest absolute Gasteiger partial charge is 0.247 e. The second kappa shape index (κ2) is 14.3. The Bertz CT molecular complexity index is 1370. The maximum atomic E-state index is 13.8. The Balaban J connectivity index is 1.71. The van der Waals surface area contributed by atoms with E-state index in [-0.39, 0.29) is 38.4 Å². The third kappa shape index (κ3) is 7.76. The SMILES string of the molecule is O=C(NCCO)C1=CC(Oc2ccccc2I)C(O)C(N(Cc2ccc(Cl)c(Cl)c2)C(=O)Cc2ccccc2)C1. The number of nitrogens with one attached hydrogen (secondary N) is 1. The summed E-state index contributed by atoms with van der Waals surface area (Å²) in [5.41, 5.74) is 1.89. The Labute approximate surface area is 256 Å². The number of hydrogen-bond donors (Lipinski definition) is 3. The molecular weight excluding hydrogens is 666 g/mol. The highest BCUT2D eigenvalue weighted by molar-refractivity contribution is 14.1. The fourth-order valence-corrected chi connectivity index (χ4v) is 5.40. The van der Waals surface area contributed by atoms with Crippen LogP contribution in [0.15, 0.2) is 84.4 Å². The van der Waals surface area contributed by atoms with Gasteiger partial charge in [-0.05, 0) is 64.1 Å². The van der Waals surface area contributed by atoms with E-state index in [1.807, 2.05) is 48.5 Å². The Morgan fingerprint density at radius 2 is 1.73 bits per heavy atom. The molecule has 3 unspecified atom stereocenters. The van der Waals surface area contributed by atoms with E-state index in [0.29, 0.717) is 21.4 Å². The Morgan fingerprint density at radius 1 is 1.00 bits per heavy atom. The largest absolute Gasteiger partial charge is 0.482 e. The van der Waals surface area contributed by atoms with Crippen molar-refractivity contribution in [3.8, 4) is 5.75 Å². The van der Waals surface area contributed by atoms with Gasteiger partial charge >= 0.3 is 0 Å². The predicted octanol–water partition coefficient (Wildman–Crippen LogP) is 4.79. The number of carbonyl (C=O) groups is 2. The molecule has 4 rings (SSSR count). The van der Waals surface area contributed by atoms with Gasteiger partial charge < -0.3 is 25.2 Å². The van der Waals surface area contributed by atoms with Gasteiger partial charge in [0.15, 0.2) is 0 Å². The van der Waals surface area contributed by atoms with Crippen LogP contribution in [0, 0.1) is 3.57 Å². The normalized spacial score (nSPS) is 18.5. The van der Waals surface area contributed by atoms with Crippen LogP contribution in [0.2, 0.25) is 10.0 Å². The van der Waals surface area contributed by atoms with Crippen LogP contribution in [-0.4, -0.2) is 58.3 Å². The maximum absolute atomic E-state index is 13.8. The third-order valence-corrected chi connectivity index (χ3v) is 8.20. The first-order valence-corrected chi connectivity index (χ1v) is 14.6. The molecule has 40 heavy (non-hydrogen) atoms. The van der Waals surface area contributed by atoms with Crippen LogP contribution in [0.5, 0.6) is 5.75 Å². The number of para-hydroxylation sites is 1. The molecule has 2 amide bonds. The lowest BCUT2D eigenvalue weighted by Crippen LogP contribution is -2.55. The van der Waals surface area contributed by atoms with Crippen molar-refractivity contribution in [2.75, 3.05) is 13.2 Å². The Hall–Kier alpha value is -2.63. The summed E-state index contributed by atoms with van der Waals surface area (Å²) in [5, 5.41) is 24.3. The Kier molecular flexibility index (Phi) is 10.9. The first kappa shape index (κ1) is 30.3. The van der Waals surface area contributed by atoms with E-state index in [4.69, 9.17) is 27.9 Å². The molecule has 3 aromatic carbocycles. The topological polar surface area (TPSA) is 99.1 Å². The highest BCUT2D eigenvalue weighted by atomic mass is 127. The molecule has 0 fully saturated rings. The number of aliphatic hydroxyl groups is 2. The quantitative estimate of drug-likeness (QED) is 0.266. The second-order valence-corrected chi connectivity index (χ2v) is 11.4. The number of amides is 2. The van der Waals surface area contributed by atoms with Crippen molar-refractivity contribution in [1.82, 2.24) is 10.2 Å². The summed E-state index contributed by atoms with van der Waals surface area (Å²) in [4.78, 5) is 28.5. The molecular formula is C30H29Cl2IN2O5. The second-order valence-electron chi connectivity index (χ2n) is 9.38. The molecule has 0 aromatic heterocycles. The van der Waals surface area contributed by atoms with E-state index < -0.39 is 24.2 Å². The summed E-state index contributed by atoms with van der Waals surface area (Å²) in [5.74, 6) is -0.0792. The van der Waals surface area contributed by atoms with Crippen molar-refractivity contribution in [2.45, 2.75) is 37.6 Å². The molecule has 1 aliphatic rings. The first-order chi connectivity index (χ1) is 19.3. The molecule has 3 N–H and O–H groups in total. The predicted molar refractivity (Wildman–Crippen MR) is 163 cm³/mol. The molecule has 1 aliphatic carbocycles. The molecule has 0 saturated carbocycles. The summed E-state index contributed by atoms with van der Waals surface area (Å²) < 4.78 is 7.04. The number of hydrogen-bond acceptors (Lipinski definition) is 5. The van der Waals surface area contributed by atoms with Gasteiger partial charge in [-0.25, -0.2) is 0 Å². The highest BCUT2D eigenvalue weighted by Crippen LogP contribution is 2.31. The van der Waals surface area contributed by atoms with Crippen LogP contribution >= 0.6 is 45.8 Å².